The highest BCUT2D eigenvalue weighted by molar-refractivity contribution is 7.85. The lowest BCUT2D eigenvalue weighted by atomic mass is 9.79. The van der Waals surface area contributed by atoms with Crippen molar-refractivity contribution in [2.24, 2.45) is 0 Å². The Morgan fingerprint density at radius 1 is 0.610 bits per heavy atom. The van der Waals surface area contributed by atoms with Gasteiger partial charge in [-0.15, -0.1) is 0 Å². The number of unbranched alkanes of at least 4 members (excludes halogenated alkanes) is 1. The summed E-state index contributed by atoms with van der Waals surface area (Å²) >= 11 is 0. The fourth-order valence-electron chi connectivity index (χ4n) is 10.00. The molecule has 0 spiro atoms. The van der Waals surface area contributed by atoms with Gasteiger partial charge in [0.1, 0.15) is 13.2 Å². The molecule has 0 radical (unpaired) electrons. The number of ether oxygens (including phenoxy) is 2. The molecule has 2 heterocycles. The van der Waals surface area contributed by atoms with Crippen LogP contribution in [0, 0.1) is 189 Å². The molecule has 4 aromatic carbocycles. The third kappa shape index (κ3) is 25.1. The first kappa shape index (κ1) is 76.2. The standard InChI is InChI=1S/C83H60N3O12PS.30H2/c1-7-9-11-13-15-17-19-21-23-25-27-29-31-36-40-54-78(88)95-66-70(98-79(89)55-41-37-32-30-28-26-24-22-20-18-16-14-12-10-8-2)67-97-99(90,91)96-64-61-84-77(87)60-63-86-74-59-57-69-49-43-45-51-72(69)81(74)83(5,6)76(86)53-39-35-33-34-38-52-75-82(3,4)80-71-50-44-42-48-68(71)56-58-73(80)85(75)62-46-47-65-100(92,93)94;;;;;;;;;;;;;;;;;;;;;;;;;;;;;;/h33-35,38-39,42-45,48-53,56-59,70H,46-47,60-67H2,1-6H3,(H2-,84,87,90,91,92,93,94);30*1H. The van der Waals surface area contributed by atoms with E-state index in [1.165, 1.54) is 5.56 Å². The molecule has 2 atom stereocenters. The van der Waals surface area contributed by atoms with Crippen molar-refractivity contribution in [3.05, 3.63) is 132 Å². The normalized spacial score (nSPS) is 13.1. The first-order valence-electron chi connectivity index (χ1n) is 30.5. The van der Waals surface area contributed by atoms with Gasteiger partial charge in [0.05, 0.1) is 28.7 Å². The van der Waals surface area contributed by atoms with Gasteiger partial charge < -0.3 is 29.1 Å². The van der Waals surface area contributed by atoms with E-state index in [2.05, 4.69) is 280 Å². The summed E-state index contributed by atoms with van der Waals surface area (Å²) in [4.78, 5) is 51.5. The van der Waals surface area contributed by atoms with Crippen LogP contribution in [0.15, 0.2) is 121 Å². The predicted molar refractivity (Wildman–Crippen MR) is 450 cm³/mol. The second kappa shape index (κ2) is 39.9. The Morgan fingerprint density at radius 3 is 1.65 bits per heavy atom. The monoisotopic (exact) mass is 1410 g/mol. The second-order valence-corrected chi connectivity index (χ2v) is 24.5. The quantitative estimate of drug-likeness (QED) is 0.0110. The third-order valence-electron chi connectivity index (χ3n) is 14.0. The van der Waals surface area contributed by atoms with Crippen molar-refractivity contribution < 1.29 is 103 Å². The minimum absolute atomic E-state index is 0. The van der Waals surface area contributed by atoms with E-state index in [9.17, 15) is 36.8 Å². The van der Waals surface area contributed by atoms with Gasteiger partial charge in [0, 0.05) is 121 Å². The van der Waals surface area contributed by atoms with Gasteiger partial charge >= 0.3 is 19.8 Å². The van der Waals surface area contributed by atoms with Gasteiger partial charge in [0.15, 0.2) is 11.8 Å². The summed E-state index contributed by atoms with van der Waals surface area (Å²) in [6.07, 6.45) is 13.1. The highest BCUT2D eigenvalue weighted by Gasteiger charge is 2.45. The lowest BCUT2D eigenvalue weighted by Gasteiger charge is -2.27. The van der Waals surface area contributed by atoms with Crippen molar-refractivity contribution in [3.63, 3.8) is 0 Å². The smallest absolute Gasteiger partial charge is 0.472 e. The number of phosphoric ester groups is 1. The Balaban J connectivity index is -0.000000160. The molecule has 2 aliphatic heterocycles. The van der Waals surface area contributed by atoms with Gasteiger partial charge in [0.25, 0.3) is 0 Å². The highest BCUT2D eigenvalue weighted by atomic mass is 32.2. The topological polar surface area (TPSA) is 201 Å². The number of anilines is 1. The van der Waals surface area contributed by atoms with E-state index < -0.39 is 72.4 Å². The van der Waals surface area contributed by atoms with Crippen molar-refractivity contribution in [3.8, 4) is 189 Å². The van der Waals surface area contributed by atoms with Crippen LogP contribution in [0.3, 0.4) is 0 Å². The maximum Gasteiger partial charge on any atom is 0.472 e. The Labute approximate surface area is 630 Å². The number of phosphoric acid groups is 1. The minimum Gasteiger partial charge on any atom is -0.748 e. The molecule has 15 nitrogen and oxygen atoms in total. The van der Waals surface area contributed by atoms with E-state index in [4.69, 9.17) is 18.5 Å². The number of nitrogens with one attached hydrogen (secondary N) is 1. The number of amides is 1. The van der Waals surface area contributed by atoms with Gasteiger partial charge in [-0.3, -0.25) is 13.8 Å². The van der Waals surface area contributed by atoms with Gasteiger partial charge in [-0.05, 0) is 245 Å². The van der Waals surface area contributed by atoms with Crippen LogP contribution in [0.25, 0.3) is 21.5 Å². The number of hydrogen-bond donors (Lipinski definition) is 2. The second-order valence-electron chi connectivity index (χ2n) is 21.5. The zero-order chi connectivity index (χ0) is 71.9. The van der Waals surface area contributed by atoms with Crippen molar-refractivity contribution >= 4 is 74.4 Å². The first-order chi connectivity index (χ1) is 48.3. The fraction of sp³-hybridized carbons (Fsp3) is 0.229. The molecule has 0 saturated carbocycles. The van der Waals surface area contributed by atoms with Crippen molar-refractivity contribution in [2.75, 3.05) is 50.1 Å². The zero-order valence-corrected chi connectivity index (χ0v) is 57.0. The Hall–Kier alpha value is -12.8. The zero-order valence-electron chi connectivity index (χ0n) is 55.3. The van der Waals surface area contributed by atoms with Gasteiger partial charge in [-0.2, -0.15) is 4.58 Å². The Kier molecular flexibility index (Phi) is 30.4. The molecule has 1 amide bonds. The Morgan fingerprint density at radius 2 is 1.10 bits per heavy atom. The van der Waals surface area contributed by atoms with Crippen LogP contribution in [0.1, 0.15) is 115 Å². The van der Waals surface area contributed by atoms with E-state index in [1.807, 2.05) is 66.8 Å². The van der Waals surface area contributed by atoms with Crippen LogP contribution >= 0.6 is 7.82 Å². The van der Waals surface area contributed by atoms with E-state index in [1.54, 1.807) is 13.8 Å². The number of benzene rings is 4. The summed E-state index contributed by atoms with van der Waals surface area (Å²) in [5.41, 5.74) is 5.35. The maximum absolute atomic E-state index is 13.5. The molecule has 0 aliphatic carbocycles. The van der Waals surface area contributed by atoms with Crippen LogP contribution in [-0.2, 0) is 58.4 Å². The molecule has 0 saturated heterocycles. The molecule has 0 aromatic heterocycles. The SMILES string of the molecule is CC#CC#CC#CC#CC#CC#CC#CC#CC(=O)OCC(COP(=O)(O)OCCNC(=O)CCN1/C(=C/C=C/C=C/C=C/C2=[N+](CCCCS(=O)(=O)[O-])c3ccc4ccccc4c3C2(C)C)C(C)(C)c2c1ccc1ccccc21)OC(=O)C#CC#CC#CC#CC#CC#CC#CC#CC.[HH].[HH].[HH].[HH].[HH].[HH].[HH].[HH].[HH].[HH].[HH].[HH].[HH].[HH].[HH].[HH].[HH].[HH].[HH].[HH].[HH].[HH].[HH].[HH].[HH].[HH].[HH].[HH].[HH].[HH]. The summed E-state index contributed by atoms with van der Waals surface area (Å²) in [7, 11) is -9.24. The number of fused-ring (bicyclic) bond motifs is 6. The van der Waals surface area contributed by atoms with E-state index in [-0.39, 0.29) is 74.6 Å². The van der Waals surface area contributed by atoms with E-state index in [0.29, 0.717) is 13.0 Å². The highest BCUT2D eigenvalue weighted by Crippen LogP contribution is 2.51. The summed E-state index contributed by atoms with van der Waals surface area (Å²) in [5, 5.41) is 7.12. The number of esters is 2. The molecular formula is C83H120N3O12PS. The number of hydrogen-bond acceptors (Lipinski definition) is 12. The summed E-state index contributed by atoms with van der Waals surface area (Å²) in [6.45, 7) is 10.5. The number of carbonyl (C=O) groups excluding carboxylic acids is 3. The van der Waals surface area contributed by atoms with E-state index in [0.717, 1.165) is 49.9 Å². The first-order valence-corrected chi connectivity index (χ1v) is 33.6. The molecule has 17 heteroatoms. The molecule has 100 heavy (non-hydrogen) atoms. The molecule has 2 unspecified atom stereocenters. The van der Waals surface area contributed by atoms with Gasteiger partial charge in [-0.25, -0.2) is 22.6 Å². The molecule has 550 valence electrons. The lowest BCUT2D eigenvalue weighted by molar-refractivity contribution is -0.438. The van der Waals surface area contributed by atoms with Crippen molar-refractivity contribution in [1.82, 2.24) is 5.32 Å². The van der Waals surface area contributed by atoms with Crippen LogP contribution in [0.4, 0.5) is 11.4 Å². The van der Waals surface area contributed by atoms with Crippen molar-refractivity contribution in [1.29, 1.82) is 0 Å². The van der Waals surface area contributed by atoms with Crippen LogP contribution in [-0.4, -0.2) is 97.3 Å². The number of rotatable bonds is 22. The summed E-state index contributed by atoms with van der Waals surface area (Å²) in [6, 6.07) is 24.7. The van der Waals surface area contributed by atoms with Crippen LogP contribution in [0.2, 0.25) is 0 Å². The fourth-order valence-corrected chi connectivity index (χ4v) is 11.3. The Bertz CT molecular complexity index is 5480. The molecule has 0 bridgehead atoms. The number of nitrogens with zero attached hydrogens (tertiary/aromatic N) is 2. The molecule has 4 aromatic rings. The minimum atomic E-state index is -4.91. The average molecular weight is 1410 g/mol. The molecular weight excluding hydrogens is 1290 g/mol. The van der Waals surface area contributed by atoms with Crippen molar-refractivity contribution in [2.45, 2.75) is 77.7 Å². The molecule has 2 N–H and O–H groups in total. The molecule has 6 rings (SSSR count). The number of allylic oxidation sites excluding steroid dienone is 8. The van der Waals surface area contributed by atoms with Crippen LogP contribution in [0.5, 0.6) is 0 Å². The predicted octanol–water partition coefficient (Wildman–Crippen LogP) is 15.6. The average Bonchev–Trinajstić information content (AvgIpc) is 1.58. The maximum atomic E-state index is 13.5. The lowest BCUT2D eigenvalue weighted by Crippen LogP contribution is -2.33. The van der Waals surface area contributed by atoms with E-state index >= 15 is 0 Å². The third-order valence-corrected chi connectivity index (χ3v) is 15.8. The largest absolute Gasteiger partial charge is 0.748 e. The van der Waals surface area contributed by atoms with Crippen LogP contribution < -0.4 is 10.2 Å². The summed E-state index contributed by atoms with van der Waals surface area (Å²) < 4.78 is 70.2. The summed E-state index contributed by atoms with van der Waals surface area (Å²) in [5.74, 6) is 74.6. The van der Waals surface area contributed by atoms with Gasteiger partial charge in [-0.1, -0.05) is 111 Å². The molecule has 0 fully saturated rings. The molecule has 2 aliphatic rings. The van der Waals surface area contributed by atoms with Gasteiger partial charge in [0.2, 0.25) is 11.6 Å². The number of carbonyl (C=O) groups is 3.